The summed E-state index contributed by atoms with van der Waals surface area (Å²) in [7, 11) is 1.75. The third kappa shape index (κ3) is 5.84. The van der Waals surface area contributed by atoms with Gasteiger partial charge in [-0.25, -0.2) is 14.8 Å². The molecule has 2 aliphatic heterocycles. The third-order valence-electron chi connectivity index (χ3n) is 6.32. The Hall–Kier alpha value is -2.75. The number of methoxy groups -OCH3 is 1. The fraction of sp³-hybridized carbons (Fsp3) is 0.560. The van der Waals surface area contributed by atoms with Crippen LogP contribution in [-0.4, -0.2) is 80.1 Å². The molecule has 0 aliphatic carbocycles. The molecule has 3 heterocycles. The van der Waals surface area contributed by atoms with Crippen molar-refractivity contribution in [1.82, 2.24) is 20.2 Å². The summed E-state index contributed by atoms with van der Waals surface area (Å²) in [4.78, 5) is 26.7. The molecule has 34 heavy (non-hydrogen) atoms. The van der Waals surface area contributed by atoms with Crippen LogP contribution in [0.25, 0.3) is 11.4 Å². The molecule has 1 aromatic heterocycles. The summed E-state index contributed by atoms with van der Waals surface area (Å²) in [5.41, 5.74) is 4.03. The Bertz CT molecular complexity index is 968. The molecule has 0 spiro atoms. The van der Waals surface area contributed by atoms with Crippen LogP contribution in [-0.2, 0) is 22.4 Å². The average molecular weight is 469 g/mol. The number of hydrogen-bond donors (Lipinski definition) is 2. The van der Waals surface area contributed by atoms with Crippen LogP contribution in [0.3, 0.4) is 0 Å². The minimum Gasteiger partial charge on any atom is -0.385 e. The molecule has 1 fully saturated rings. The van der Waals surface area contributed by atoms with Gasteiger partial charge in [0.25, 0.3) is 0 Å². The van der Waals surface area contributed by atoms with E-state index >= 15 is 0 Å². The van der Waals surface area contributed by atoms with Crippen LogP contribution in [0.5, 0.6) is 0 Å². The van der Waals surface area contributed by atoms with Gasteiger partial charge < -0.3 is 25.0 Å². The number of hydrogen-bond acceptors (Lipinski definition) is 7. The highest BCUT2D eigenvalue weighted by Crippen LogP contribution is 2.31. The summed E-state index contributed by atoms with van der Waals surface area (Å²) in [6.07, 6.45) is 1.95. The summed E-state index contributed by atoms with van der Waals surface area (Å²) < 4.78 is 10.9. The number of aromatic nitrogens is 2. The number of morpholine rings is 1. The van der Waals surface area contributed by atoms with Crippen molar-refractivity contribution in [2.45, 2.75) is 39.3 Å². The summed E-state index contributed by atoms with van der Waals surface area (Å²) in [5, 5.41) is 5.58. The molecular formula is C25H36N6O3. The van der Waals surface area contributed by atoms with Gasteiger partial charge in [-0.3, -0.25) is 4.90 Å². The van der Waals surface area contributed by atoms with Crippen LogP contribution < -0.4 is 15.5 Å². The predicted octanol–water partition coefficient (Wildman–Crippen LogP) is 2.90. The summed E-state index contributed by atoms with van der Waals surface area (Å²) >= 11 is 0. The number of carbonyl (C=O) groups is 1. The first-order valence-electron chi connectivity index (χ1n) is 12.2. The van der Waals surface area contributed by atoms with Gasteiger partial charge >= 0.3 is 6.03 Å². The number of fused-ring (bicyclic) bond motifs is 1. The van der Waals surface area contributed by atoms with E-state index in [-0.39, 0.29) is 12.1 Å². The van der Waals surface area contributed by atoms with Gasteiger partial charge in [0.1, 0.15) is 5.82 Å². The Morgan fingerprint density at radius 3 is 2.79 bits per heavy atom. The van der Waals surface area contributed by atoms with Crippen molar-refractivity contribution in [3.63, 3.8) is 0 Å². The van der Waals surface area contributed by atoms with Gasteiger partial charge in [-0.05, 0) is 51.0 Å². The van der Waals surface area contributed by atoms with Gasteiger partial charge in [-0.15, -0.1) is 0 Å². The maximum atomic E-state index is 11.8. The van der Waals surface area contributed by atoms with E-state index in [4.69, 9.17) is 19.4 Å². The summed E-state index contributed by atoms with van der Waals surface area (Å²) in [6.45, 7) is 10.5. The fourth-order valence-corrected chi connectivity index (χ4v) is 4.54. The Balaban J connectivity index is 1.63. The molecule has 2 aromatic rings. The minimum absolute atomic E-state index is 0.211. The van der Waals surface area contributed by atoms with E-state index in [9.17, 15) is 4.79 Å². The van der Waals surface area contributed by atoms with Crippen LogP contribution in [0.2, 0.25) is 0 Å². The zero-order valence-electron chi connectivity index (χ0n) is 20.5. The molecule has 2 amide bonds. The quantitative estimate of drug-likeness (QED) is 0.576. The monoisotopic (exact) mass is 468 g/mol. The second-order valence-corrected chi connectivity index (χ2v) is 8.85. The van der Waals surface area contributed by atoms with Gasteiger partial charge in [-0.2, -0.15) is 0 Å². The Morgan fingerprint density at radius 1 is 1.24 bits per heavy atom. The van der Waals surface area contributed by atoms with E-state index in [1.165, 1.54) is 5.56 Å². The highest BCUT2D eigenvalue weighted by atomic mass is 16.5. The molecule has 1 aromatic carbocycles. The van der Waals surface area contributed by atoms with E-state index in [1.54, 1.807) is 7.11 Å². The third-order valence-corrected chi connectivity index (χ3v) is 6.32. The number of benzene rings is 1. The van der Waals surface area contributed by atoms with Crippen LogP contribution in [0, 0.1) is 0 Å². The zero-order valence-corrected chi connectivity index (χ0v) is 20.5. The maximum absolute atomic E-state index is 11.8. The predicted molar refractivity (Wildman–Crippen MR) is 133 cm³/mol. The van der Waals surface area contributed by atoms with E-state index < -0.39 is 0 Å². The minimum atomic E-state index is -0.211. The van der Waals surface area contributed by atoms with Crippen LogP contribution in [0.1, 0.15) is 31.5 Å². The molecule has 2 aliphatic rings. The second-order valence-electron chi connectivity index (χ2n) is 8.85. The first-order chi connectivity index (χ1) is 16.6. The van der Waals surface area contributed by atoms with Gasteiger partial charge in [0.2, 0.25) is 0 Å². The molecule has 0 radical (unpaired) electrons. The smallest absolute Gasteiger partial charge is 0.319 e. The van der Waals surface area contributed by atoms with E-state index in [0.29, 0.717) is 19.8 Å². The summed E-state index contributed by atoms with van der Waals surface area (Å²) in [6, 6.07) is 7.77. The maximum Gasteiger partial charge on any atom is 0.319 e. The Kier molecular flexibility index (Phi) is 8.31. The molecule has 1 atom stereocenters. The highest BCUT2D eigenvalue weighted by molar-refractivity contribution is 5.89. The Morgan fingerprint density at radius 2 is 2.06 bits per heavy atom. The molecule has 9 heteroatoms. The number of rotatable bonds is 8. The van der Waals surface area contributed by atoms with E-state index in [2.05, 4.69) is 27.4 Å². The van der Waals surface area contributed by atoms with Crippen molar-refractivity contribution >= 4 is 17.5 Å². The Labute approximate surface area is 201 Å². The average Bonchev–Trinajstić information content (AvgIpc) is 2.84. The van der Waals surface area contributed by atoms with Gasteiger partial charge in [-0.1, -0.05) is 0 Å². The van der Waals surface area contributed by atoms with E-state index in [0.717, 1.165) is 74.2 Å². The summed E-state index contributed by atoms with van der Waals surface area (Å²) in [5.74, 6) is 1.76. The molecule has 9 nitrogen and oxygen atoms in total. The lowest BCUT2D eigenvalue weighted by molar-refractivity contribution is 0.0983. The number of anilines is 2. The normalized spacial score (nSPS) is 18.4. The lowest BCUT2D eigenvalue weighted by Gasteiger charge is -2.37. The van der Waals surface area contributed by atoms with Gasteiger partial charge in [0.15, 0.2) is 5.82 Å². The number of nitrogens with one attached hydrogen (secondary N) is 2. The van der Waals surface area contributed by atoms with Crippen molar-refractivity contribution in [1.29, 1.82) is 0 Å². The number of urea groups is 1. The first kappa shape index (κ1) is 24.4. The molecule has 184 valence electrons. The van der Waals surface area contributed by atoms with Crippen LogP contribution in [0.4, 0.5) is 16.3 Å². The molecule has 0 saturated carbocycles. The number of ether oxygens (including phenoxy) is 2. The molecule has 0 unspecified atom stereocenters. The second kappa shape index (κ2) is 11.6. The molecule has 4 rings (SSSR count). The molecule has 0 bridgehead atoms. The number of amides is 2. The highest BCUT2D eigenvalue weighted by Gasteiger charge is 2.28. The number of nitrogens with zero attached hydrogens (tertiary/aromatic N) is 4. The SMILES string of the molecule is CCNC(=O)Nc1ccc(-c2nc3c(c(N4CCOC[C@@H]4C)n2)CCN(CCCOC)C3)cc1. The van der Waals surface area contributed by atoms with Crippen molar-refractivity contribution in [2.75, 3.05) is 63.3 Å². The molecule has 2 N–H and O–H groups in total. The molecule has 1 saturated heterocycles. The number of carbonyl (C=O) groups excluding carboxylic acids is 1. The van der Waals surface area contributed by atoms with Gasteiger partial charge in [0, 0.05) is 63.3 Å². The van der Waals surface area contributed by atoms with Crippen LogP contribution in [0.15, 0.2) is 24.3 Å². The topological polar surface area (TPSA) is 91.9 Å². The first-order valence-corrected chi connectivity index (χ1v) is 12.2. The largest absolute Gasteiger partial charge is 0.385 e. The lowest BCUT2D eigenvalue weighted by Crippen LogP contribution is -2.45. The van der Waals surface area contributed by atoms with Crippen molar-refractivity contribution < 1.29 is 14.3 Å². The van der Waals surface area contributed by atoms with Crippen LogP contribution >= 0.6 is 0 Å². The molecular weight excluding hydrogens is 432 g/mol. The van der Waals surface area contributed by atoms with Gasteiger partial charge in [0.05, 0.1) is 24.9 Å². The van der Waals surface area contributed by atoms with Crippen molar-refractivity contribution in [2.24, 2.45) is 0 Å². The zero-order chi connectivity index (χ0) is 23.9. The fourth-order valence-electron chi connectivity index (χ4n) is 4.54. The van der Waals surface area contributed by atoms with Crippen molar-refractivity contribution in [3.8, 4) is 11.4 Å². The van der Waals surface area contributed by atoms with E-state index in [1.807, 2.05) is 31.2 Å². The lowest BCUT2D eigenvalue weighted by atomic mass is 10.0. The standard InChI is InChI=1S/C25H36N6O3/c1-4-26-25(32)27-20-8-6-19(7-9-20)23-28-22-16-30(11-5-14-33-3)12-10-21(22)24(29-23)31-13-15-34-17-18(31)2/h6-9,18H,4-5,10-17H2,1-3H3,(H2,26,27,32)/t18-/m0/s1. The van der Waals surface area contributed by atoms with Crippen molar-refractivity contribution in [3.05, 3.63) is 35.5 Å².